The Hall–Kier alpha value is -2.04. The average Bonchev–Trinajstić information content (AvgIpc) is 2.50. The van der Waals surface area contributed by atoms with E-state index in [0.717, 1.165) is 11.1 Å². The smallest absolute Gasteiger partial charge is 0.313 e. The van der Waals surface area contributed by atoms with Crippen molar-refractivity contribution in [3.63, 3.8) is 0 Å². The molecule has 114 valence electrons. The maximum absolute atomic E-state index is 11.8. The lowest BCUT2D eigenvalue weighted by Gasteiger charge is -2.08. The zero-order chi connectivity index (χ0) is 16.1. The van der Waals surface area contributed by atoms with E-state index in [-0.39, 0.29) is 6.54 Å². The van der Waals surface area contributed by atoms with Gasteiger partial charge in [-0.15, -0.1) is 0 Å². The van der Waals surface area contributed by atoms with E-state index in [0.29, 0.717) is 15.7 Å². The largest absolute Gasteiger partial charge is 0.344 e. The van der Waals surface area contributed by atoms with E-state index in [4.69, 9.17) is 23.2 Å². The van der Waals surface area contributed by atoms with E-state index in [1.807, 2.05) is 31.2 Å². The van der Waals surface area contributed by atoms with Crippen molar-refractivity contribution in [2.45, 2.75) is 13.5 Å². The van der Waals surface area contributed by atoms with Gasteiger partial charge in [-0.1, -0.05) is 53.0 Å². The van der Waals surface area contributed by atoms with Crippen molar-refractivity contribution in [1.29, 1.82) is 0 Å². The van der Waals surface area contributed by atoms with Crippen molar-refractivity contribution < 1.29 is 9.59 Å². The molecule has 0 atom stereocenters. The number of hydrogen-bond donors (Lipinski definition) is 2. The Morgan fingerprint density at radius 1 is 1.00 bits per heavy atom. The molecule has 0 unspecified atom stereocenters. The highest BCUT2D eigenvalue weighted by molar-refractivity contribution is 6.42. The van der Waals surface area contributed by atoms with Crippen LogP contribution in [0.25, 0.3) is 0 Å². The topological polar surface area (TPSA) is 58.2 Å². The standard InChI is InChI=1S/C16H14Cl2N2O2/c1-10-2-4-11(5-3-10)9-19-15(21)16(22)20-14-8-12(17)6-7-13(14)18/h2-8H,9H2,1H3,(H,19,21)(H,20,22). The summed E-state index contributed by atoms with van der Waals surface area (Å²) >= 11 is 11.8. The fraction of sp³-hybridized carbons (Fsp3) is 0.125. The van der Waals surface area contributed by atoms with Gasteiger partial charge in [0.05, 0.1) is 10.7 Å². The SMILES string of the molecule is Cc1ccc(CNC(=O)C(=O)Nc2cc(Cl)ccc2Cl)cc1. The van der Waals surface area contributed by atoms with Crippen LogP contribution < -0.4 is 10.6 Å². The molecule has 0 aliphatic heterocycles. The molecule has 0 radical (unpaired) electrons. The second kappa shape index (κ2) is 7.29. The van der Waals surface area contributed by atoms with Crippen LogP contribution in [0.5, 0.6) is 0 Å². The molecule has 0 bridgehead atoms. The molecule has 2 rings (SSSR count). The van der Waals surface area contributed by atoms with Crippen LogP contribution in [0.4, 0.5) is 5.69 Å². The first kappa shape index (κ1) is 16.3. The van der Waals surface area contributed by atoms with Crippen molar-refractivity contribution in [2.75, 3.05) is 5.32 Å². The van der Waals surface area contributed by atoms with Crippen molar-refractivity contribution in [2.24, 2.45) is 0 Å². The Bertz CT molecular complexity index is 700. The molecule has 0 heterocycles. The maximum atomic E-state index is 11.8. The summed E-state index contributed by atoms with van der Waals surface area (Å²) in [6.45, 7) is 2.25. The van der Waals surface area contributed by atoms with E-state index in [1.54, 1.807) is 12.1 Å². The Morgan fingerprint density at radius 2 is 1.68 bits per heavy atom. The van der Waals surface area contributed by atoms with Gasteiger partial charge in [0.2, 0.25) is 0 Å². The lowest BCUT2D eigenvalue weighted by Crippen LogP contribution is -2.35. The third-order valence-electron chi connectivity index (χ3n) is 2.96. The van der Waals surface area contributed by atoms with Gasteiger partial charge in [-0.25, -0.2) is 0 Å². The summed E-state index contributed by atoms with van der Waals surface area (Å²) in [5.41, 5.74) is 2.33. The molecule has 6 heteroatoms. The number of aryl methyl sites for hydroxylation is 1. The number of nitrogens with one attached hydrogen (secondary N) is 2. The molecule has 2 amide bonds. The van der Waals surface area contributed by atoms with Crippen LogP contribution >= 0.6 is 23.2 Å². The van der Waals surface area contributed by atoms with E-state index < -0.39 is 11.8 Å². The highest BCUT2D eigenvalue weighted by Crippen LogP contribution is 2.25. The zero-order valence-electron chi connectivity index (χ0n) is 11.8. The van der Waals surface area contributed by atoms with Crippen LogP contribution in [0.1, 0.15) is 11.1 Å². The number of halogens is 2. The fourth-order valence-electron chi connectivity index (χ4n) is 1.74. The van der Waals surface area contributed by atoms with E-state index >= 15 is 0 Å². The molecule has 0 fully saturated rings. The maximum Gasteiger partial charge on any atom is 0.313 e. The summed E-state index contributed by atoms with van der Waals surface area (Å²) in [7, 11) is 0. The molecule has 22 heavy (non-hydrogen) atoms. The highest BCUT2D eigenvalue weighted by Gasteiger charge is 2.15. The number of hydrogen-bond acceptors (Lipinski definition) is 2. The second-order valence-corrected chi connectivity index (χ2v) is 5.59. The number of carbonyl (C=O) groups is 2. The van der Waals surface area contributed by atoms with Crippen molar-refractivity contribution >= 4 is 40.7 Å². The minimum atomic E-state index is -0.795. The number of anilines is 1. The minimum absolute atomic E-state index is 0.274. The van der Waals surface area contributed by atoms with Gasteiger partial charge in [0.1, 0.15) is 0 Å². The fourth-order valence-corrected chi connectivity index (χ4v) is 2.08. The molecular weight excluding hydrogens is 323 g/mol. The van der Waals surface area contributed by atoms with Crippen molar-refractivity contribution in [3.8, 4) is 0 Å². The lowest BCUT2D eigenvalue weighted by atomic mass is 10.1. The average molecular weight is 337 g/mol. The molecule has 0 saturated heterocycles. The minimum Gasteiger partial charge on any atom is -0.344 e. The van der Waals surface area contributed by atoms with Gasteiger partial charge in [-0.3, -0.25) is 9.59 Å². The van der Waals surface area contributed by atoms with Crippen molar-refractivity contribution in [3.05, 3.63) is 63.6 Å². The molecule has 0 spiro atoms. The first-order valence-corrected chi connectivity index (χ1v) is 7.31. The first-order chi connectivity index (χ1) is 10.5. The Balaban J connectivity index is 1.93. The normalized spacial score (nSPS) is 10.1. The van der Waals surface area contributed by atoms with Gasteiger partial charge in [0.25, 0.3) is 0 Å². The van der Waals surface area contributed by atoms with E-state index in [1.165, 1.54) is 6.07 Å². The van der Waals surface area contributed by atoms with Crippen LogP contribution in [-0.2, 0) is 16.1 Å². The molecular formula is C16H14Cl2N2O2. The number of rotatable bonds is 3. The molecule has 2 aromatic carbocycles. The second-order valence-electron chi connectivity index (χ2n) is 4.75. The van der Waals surface area contributed by atoms with Gasteiger partial charge in [0.15, 0.2) is 0 Å². The summed E-state index contributed by atoms with van der Waals surface area (Å²) in [4.78, 5) is 23.6. The zero-order valence-corrected chi connectivity index (χ0v) is 13.3. The number of carbonyl (C=O) groups excluding carboxylic acids is 2. The predicted octanol–water partition coefficient (Wildman–Crippen LogP) is 3.56. The Labute approximate surface area is 138 Å². The number of amides is 2. The summed E-state index contributed by atoms with van der Waals surface area (Å²) in [6, 6.07) is 12.3. The predicted molar refractivity (Wildman–Crippen MR) is 88.1 cm³/mol. The summed E-state index contributed by atoms with van der Waals surface area (Å²) in [6.07, 6.45) is 0. The summed E-state index contributed by atoms with van der Waals surface area (Å²) in [5, 5.41) is 5.70. The molecule has 0 aromatic heterocycles. The Morgan fingerprint density at radius 3 is 2.36 bits per heavy atom. The molecule has 2 aromatic rings. The molecule has 2 N–H and O–H groups in total. The van der Waals surface area contributed by atoms with Crippen LogP contribution in [0.15, 0.2) is 42.5 Å². The van der Waals surface area contributed by atoms with Crippen LogP contribution in [-0.4, -0.2) is 11.8 Å². The third-order valence-corrected chi connectivity index (χ3v) is 3.52. The van der Waals surface area contributed by atoms with Crippen LogP contribution in [0.3, 0.4) is 0 Å². The van der Waals surface area contributed by atoms with Gasteiger partial charge in [-0.05, 0) is 30.7 Å². The van der Waals surface area contributed by atoms with Crippen LogP contribution in [0, 0.1) is 6.92 Å². The quantitative estimate of drug-likeness (QED) is 0.842. The first-order valence-electron chi connectivity index (χ1n) is 6.55. The third kappa shape index (κ3) is 4.48. The Kier molecular flexibility index (Phi) is 5.41. The van der Waals surface area contributed by atoms with E-state index in [9.17, 15) is 9.59 Å². The molecule has 0 aliphatic carbocycles. The van der Waals surface area contributed by atoms with Crippen LogP contribution in [0.2, 0.25) is 10.0 Å². The lowest BCUT2D eigenvalue weighted by molar-refractivity contribution is -0.136. The monoisotopic (exact) mass is 336 g/mol. The van der Waals surface area contributed by atoms with Gasteiger partial charge >= 0.3 is 11.8 Å². The molecule has 0 saturated carbocycles. The van der Waals surface area contributed by atoms with Gasteiger partial charge < -0.3 is 10.6 Å². The van der Waals surface area contributed by atoms with E-state index in [2.05, 4.69) is 10.6 Å². The molecule has 0 aliphatic rings. The highest BCUT2D eigenvalue weighted by atomic mass is 35.5. The van der Waals surface area contributed by atoms with Gasteiger partial charge in [-0.2, -0.15) is 0 Å². The number of benzene rings is 2. The summed E-state index contributed by atoms with van der Waals surface area (Å²) in [5.74, 6) is -1.53. The van der Waals surface area contributed by atoms with Crippen molar-refractivity contribution in [1.82, 2.24) is 5.32 Å². The molecule has 4 nitrogen and oxygen atoms in total. The van der Waals surface area contributed by atoms with Gasteiger partial charge in [0, 0.05) is 11.6 Å². The summed E-state index contributed by atoms with van der Waals surface area (Å²) < 4.78 is 0.